The zero-order valence-corrected chi connectivity index (χ0v) is 14.3. The van der Waals surface area contributed by atoms with Crippen LogP contribution in [0.25, 0.3) is 11.0 Å². The lowest BCUT2D eigenvalue weighted by atomic mass is 10.0. The first-order chi connectivity index (χ1) is 11.8. The Hall–Kier alpha value is -2.83. The minimum atomic E-state index is -1.08. The van der Waals surface area contributed by atoms with Gasteiger partial charge in [0.2, 0.25) is 5.91 Å². The number of anilines is 1. The predicted octanol–water partition coefficient (Wildman–Crippen LogP) is 1.99. The average Bonchev–Trinajstić information content (AvgIpc) is 2.54. The number of rotatable bonds is 7. The summed E-state index contributed by atoms with van der Waals surface area (Å²) in [5.74, 6) is -1.60. The third kappa shape index (κ3) is 4.37. The molecular formula is C18H22N2O5. The highest BCUT2D eigenvalue weighted by Crippen LogP contribution is 2.21. The number of fused-ring (bicyclic) bond motifs is 1. The number of carbonyl (C=O) groups is 2. The third-order valence-corrected chi connectivity index (χ3v) is 4.13. The van der Waals surface area contributed by atoms with E-state index in [1.807, 2.05) is 6.92 Å². The van der Waals surface area contributed by atoms with Crippen molar-refractivity contribution < 1.29 is 19.1 Å². The number of hydrogen-bond acceptors (Lipinski definition) is 5. The number of nitrogens with two attached hydrogens (primary N) is 1. The Morgan fingerprint density at radius 1 is 1.36 bits per heavy atom. The lowest BCUT2D eigenvalue weighted by Crippen LogP contribution is -2.42. The molecule has 0 radical (unpaired) electrons. The molecule has 1 aromatic heterocycles. The summed E-state index contributed by atoms with van der Waals surface area (Å²) in [4.78, 5) is 35.6. The summed E-state index contributed by atoms with van der Waals surface area (Å²) in [6, 6.07) is 4.01. The molecule has 7 nitrogen and oxygen atoms in total. The maximum absolute atomic E-state index is 12.2. The number of aliphatic carboxylic acids is 1. The van der Waals surface area contributed by atoms with Crippen molar-refractivity contribution in [3.05, 3.63) is 39.7 Å². The van der Waals surface area contributed by atoms with E-state index >= 15 is 0 Å². The summed E-state index contributed by atoms with van der Waals surface area (Å²) in [6.07, 6.45) is 1.64. The molecule has 1 unspecified atom stereocenters. The number of aryl methyl sites for hydroxylation is 1. The zero-order chi connectivity index (χ0) is 18.6. The molecule has 2 aromatic rings. The van der Waals surface area contributed by atoms with Gasteiger partial charge in [-0.1, -0.05) is 19.8 Å². The molecule has 4 N–H and O–H groups in total. The summed E-state index contributed by atoms with van der Waals surface area (Å²) >= 11 is 0. The molecule has 1 atom stereocenters. The second-order valence-electron chi connectivity index (χ2n) is 6.03. The minimum Gasteiger partial charge on any atom is -0.480 e. The topological polar surface area (TPSA) is 123 Å². The van der Waals surface area contributed by atoms with E-state index in [9.17, 15) is 19.5 Å². The van der Waals surface area contributed by atoms with Crippen LogP contribution in [0, 0.1) is 6.92 Å². The van der Waals surface area contributed by atoms with Crippen molar-refractivity contribution in [2.75, 3.05) is 5.73 Å². The number of unbranched alkanes of at least 4 members (excludes halogenated alkanes) is 1. The monoisotopic (exact) mass is 346 g/mol. The SMILES string of the molecule is CCCCC(NC(=O)Cc1c(C)c2ccc(N)cc2oc1=O)C(=O)O. The van der Waals surface area contributed by atoms with Gasteiger partial charge in [0.25, 0.3) is 0 Å². The molecule has 0 aliphatic rings. The van der Waals surface area contributed by atoms with Crippen LogP contribution in [0.15, 0.2) is 27.4 Å². The quantitative estimate of drug-likeness (QED) is 0.520. The maximum Gasteiger partial charge on any atom is 0.340 e. The van der Waals surface area contributed by atoms with Crippen LogP contribution in [-0.4, -0.2) is 23.0 Å². The smallest absolute Gasteiger partial charge is 0.340 e. The van der Waals surface area contributed by atoms with Crippen molar-refractivity contribution in [1.29, 1.82) is 0 Å². The van der Waals surface area contributed by atoms with E-state index in [4.69, 9.17) is 10.2 Å². The van der Waals surface area contributed by atoms with E-state index in [0.717, 1.165) is 6.42 Å². The van der Waals surface area contributed by atoms with E-state index in [-0.39, 0.29) is 12.0 Å². The van der Waals surface area contributed by atoms with E-state index in [1.165, 1.54) is 0 Å². The van der Waals surface area contributed by atoms with Gasteiger partial charge in [-0.15, -0.1) is 0 Å². The van der Waals surface area contributed by atoms with Gasteiger partial charge in [0.15, 0.2) is 0 Å². The summed E-state index contributed by atoms with van der Waals surface area (Å²) in [5.41, 5.74) is 6.74. The van der Waals surface area contributed by atoms with E-state index in [2.05, 4.69) is 5.32 Å². The molecule has 1 heterocycles. The highest BCUT2D eigenvalue weighted by atomic mass is 16.4. The molecule has 0 saturated heterocycles. The molecule has 134 valence electrons. The second-order valence-corrected chi connectivity index (χ2v) is 6.03. The molecule has 1 amide bonds. The van der Waals surface area contributed by atoms with Crippen molar-refractivity contribution in [2.45, 2.75) is 45.6 Å². The first kappa shape index (κ1) is 18.5. The van der Waals surface area contributed by atoms with Crippen LogP contribution in [0.3, 0.4) is 0 Å². The summed E-state index contributed by atoms with van der Waals surface area (Å²) in [7, 11) is 0. The fraction of sp³-hybridized carbons (Fsp3) is 0.389. The van der Waals surface area contributed by atoms with Gasteiger partial charge in [-0.25, -0.2) is 9.59 Å². The Labute approximate surface area is 144 Å². The largest absolute Gasteiger partial charge is 0.480 e. The van der Waals surface area contributed by atoms with Crippen molar-refractivity contribution in [3.8, 4) is 0 Å². The van der Waals surface area contributed by atoms with E-state index in [1.54, 1.807) is 25.1 Å². The Morgan fingerprint density at radius 3 is 2.72 bits per heavy atom. The predicted molar refractivity (Wildman–Crippen MR) is 94.4 cm³/mol. The molecule has 25 heavy (non-hydrogen) atoms. The van der Waals surface area contributed by atoms with Gasteiger partial charge in [0, 0.05) is 17.1 Å². The van der Waals surface area contributed by atoms with Crippen LogP contribution < -0.4 is 16.7 Å². The number of carboxylic acids is 1. The van der Waals surface area contributed by atoms with Gasteiger partial charge >= 0.3 is 11.6 Å². The number of nitrogens with one attached hydrogen (secondary N) is 1. The van der Waals surface area contributed by atoms with Gasteiger partial charge < -0.3 is 20.6 Å². The third-order valence-electron chi connectivity index (χ3n) is 4.13. The summed E-state index contributed by atoms with van der Waals surface area (Å²) in [5, 5.41) is 12.3. The first-order valence-electron chi connectivity index (χ1n) is 8.17. The molecule has 0 fully saturated rings. The molecule has 0 bridgehead atoms. The Morgan fingerprint density at radius 2 is 2.08 bits per heavy atom. The lowest BCUT2D eigenvalue weighted by molar-refractivity contribution is -0.142. The highest BCUT2D eigenvalue weighted by molar-refractivity contribution is 5.88. The minimum absolute atomic E-state index is 0.217. The van der Waals surface area contributed by atoms with Crippen molar-refractivity contribution in [2.24, 2.45) is 0 Å². The number of amides is 1. The molecule has 0 aliphatic carbocycles. The number of nitrogen functional groups attached to an aromatic ring is 1. The molecule has 0 spiro atoms. The fourth-order valence-electron chi connectivity index (χ4n) is 2.69. The summed E-state index contributed by atoms with van der Waals surface area (Å²) < 4.78 is 5.24. The van der Waals surface area contributed by atoms with Gasteiger partial charge in [-0.3, -0.25) is 4.79 Å². The van der Waals surface area contributed by atoms with Crippen molar-refractivity contribution in [1.82, 2.24) is 5.32 Å². The molecule has 0 aliphatic heterocycles. The highest BCUT2D eigenvalue weighted by Gasteiger charge is 2.21. The van der Waals surface area contributed by atoms with Crippen LogP contribution in [0.2, 0.25) is 0 Å². The standard InChI is InChI=1S/C18H22N2O5/c1-3-4-5-14(17(22)23)20-16(21)9-13-10(2)12-7-6-11(19)8-15(12)25-18(13)24/h6-8,14H,3-5,9,19H2,1-2H3,(H,20,21)(H,22,23). The van der Waals surface area contributed by atoms with Crippen LogP contribution in [-0.2, 0) is 16.0 Å². The fourth-order valence-corrected chi connectivity index (χ4v) is 2.69. The maximum atomic E-state index is 12.2. The Bertz CT molecular complexity index is 856. The normalized spacial score (nSPS) is 12.1. The van der Waals surface area contributed by atoms with Gasteiger partial charge in [-0.2, -0.15) is 0 Å². The Balaban J connectivity index is 2.24. The number of carboxylic acid groups (broad SMARTS) is 1. The van der Waals surface area contributed by atoms with Gasteiger partial charge in [-0.05, 0) is 31.0 Å². The number of carbonyl (C=O) groups excluding carboxylic acids is 1. The number of benzene rings is 1. The van der Waals surface area contributed by atoms with Crippen LogP contribution >= 0.6 is 0 Å². The number of hydrogen-bond donors (Lipinski definition) is 3. The molecule has 1 aromatic carbocycles. The molecule has 0 saturated carbocycles. The van der Waals surface area contributed by atoms with Gasteiger partial charge in [0.05, 0.1) is 12.0 Å². The molecule has 7 heteroatoms. The first-order valence-corrected chi connectivity index (χ1v) is 8.17. The second kappa shape index (κ2) is 7.83. The van der Waals surface area contributed by atoms with Gasteiger partial charge in [0.1, 0.15) is 11.6 Å². The average molecular weight is 346 g/mol. The lowest BCUT2D eigenvalue weighted by Gasteiger charge is -2.14. The van der Waals surface area contributed by atoms with E-state index in [0.29, 0.717) is 35.1 Å². The van der Waals surface area contributed by atoms with Crippen LogP contribution in [0.4, 0.5) is 5.69 Å². The molecule has 2 rings (SSSR count). The Kier molecular flexibility index (Phi) is 5.80. The van der Waals surface area contributed by atoms with Crippen molar-refractivity contribution in [3.63, 3.8) is 0 Å². The molecular weight excluding hydrogens is 324 g/mol. The van der Waals surface area contributed by atoms with Crippen LogP contribution in [0.5, 0.6) is 0 Å². The van der Waals surface area contributed by atoms with Crippen LogP contribution in [0.1, 0.15) is 37.3 Å². The van der Waals surface area contributed by atoms with E-state index < -0.39 is 23.5 Å². The van der Waals surface area contributed by atoms with Crippen molar-refractivity contribution >= 4 is 28.5 Å². The zero-order valence-electron chi connectivity index (χ0n) is 14.3. The summed E-state index contributed by atoms with van der Waals surface area (Å²) in [6.45, 7) is 3.67.